The molecule has 0 aliphatic carbocycles. The van der Waals surface area contributed by atoms with E-state index in [1.54, 1.807) is 30.5 Å². The van der Waals surface area contributed by atoms with Crippen molar-refractivity contribution in [2.24, 2.45) is 10.7 Å². The SMILES string of the molecule is NC=CC=Nc1ccc(N)cc1N. The molecule has 0 aromatic heterocycles. The molecule has 0 bridgehead atoms. The smallest absolute Gasteiger partial charge is 0.0860 e. The second kappa shape index (κ2) is 4.15. The zero-order valence-electron chi connectivity index (χ0n) is 7.14. The largest absolute Gasteiger partial charge is 0.405 e. The van der Waals surface area contributed by atoms with Gasteiger partial charge in [0, 0.05) is 11.9 Å². The molecule has 0 radical (unpaired) electrons. The van der Waals surface area contributed by atoms with Crippen LogP contribution in [0, 0.1) is 0 Å². The van der Waals surface area contributed by atoms with Crippen LogP contribution in [-0.2, 0) is 0 Å². The standard InChI is InChI=1S/C9H12N4/c10-4-1-5-13-9-3-2-7(11)6-8(9)12/h1-6H,10-12H2. The van der Waals surface area contributed by atoms with Crippen molar-refractivity contribution in [2.75, 3.05) is 11.5 Å². The number of allylic oxidation sites excluding steroid dienone is 1. The molecule has 0 aliphatic rings. The molecule has 0 unspecified atom stereocenters. The summed E-state index contributed by atoms with van der Waals surface area (Å²) in [7, 11) is 0. The Kier molecular flexibility index (Phi) is 2.92. The maximum Gasteiger partial charge on any atom is 0.0860 e. The van der Waals surface area contributed by atoms with Crippen LogP contribution in [0.4, 0.5) is 17.1 Å². The number of anilines is 2. The molecule has 0 atom stereocenters. The fraction of sp³-hybridized carbons (Fsp3) is 0. The summed E-state index contributed by atoms with van der Waals surface area (Å²) in [6.45, 7) is 0. The highest BCUT2D eigenvalue weighted by molar-refractivity contribution is 5.78. The van der Waals surface area contributed by atoms with Crippen LogP contribution < -0.4 is 17.2 Å². The number of aliphatic imine (C=N–C) groups is 1. The van der Waals surface area contributed by atoms with Gasteiger partial charge in [0.25, 0.3) is 0 Å². The van der Waals surface area contributed by atoms with Crippen LogP contribution in [0.25, 0.3) is 0 Å². The lowest BCUT2D eigenvalue weighted by Gasteiger charge is -1.99. The number of nitrogen functional groups attached to an aromatic ring is 2. The fourth-order valence-corrected chi connectivity index (χ4v) is 0.864. The van der Waals surface area contributed by atoms with E-state index in [2.05, 4.69) is 4.99 Å². The van der Waals surface area contributed by atoms with E-state index >= 15 is 0 Å². The van der Waals surface area contributed by atoms with Gasteiger partial charge < -0.3 is 17.2 Å². The molecule has 6 N–H and O–H groups in total. The van der Waals surface area contributed by atoms with Crippen molar-refractivity contribution in [3.8, 4) is 0 Å². The first-order chi connectivity index (χ1) is 6.24. The van der Waals surface area contributed by atoms with E-state index in [1.165, 1.54) is 6.20 Å². The summed E-state index contributed by atoms with van der Waals surface area (Å²) in [5.41, 5.74) is 18.2. The van der Waals surface area contributed by atoms with Gasteiger partial charge in [-0.2, -0.15) is 0 Å². The lowest BCUT2D eigenvalue weighted by atomic mass is 10.2. The highest BCUT2D eigenvalue weighted by Crippen LogP contribution is 2.23. The first-order valence-corrected chi connectivity index (χ1v) is 3.80. The first kappa shape index (κ1) is 9.12. The molecule has 0 saturated heterocycles. The molecule has 0 fully saturated rings. The third-order valence-corrected chi connectivity index (χ3v) is 1.46. The van der Waals surface area contributed by atoms with Crippen molar-refractivity contribution in [2.45, 2.75) is 0 Å². The van der Waals surface area contributed by atoms with Crippen molar-refractivity contribution in [1.29, 1.82) is 0 Å². The van der Waals surface area contributed by atoms with Crippen LogP contribution in [0.2, 0.25) is 0 Å². The topological polar surface area (TPSA) is 90.4 Å². The zero-order valence-corrected chi connectivity index (χ0v) is 7.14. The summed E-state index contributed by atoms with van der Waals surface area (Å²) in [6.07, 6.45) is 4.59. The summed E-state index contributed by atoms with van der Waals surface area (Å²) in [4.78, 5) is 4.06. The first-order valence-electron chi connectivity index (χ1n) is 3.80. The van der Waals surface area contributed by atoms with Crippen LogP contribution in [0.5, 0.6) is 0 Å². The Morgan fingerprint density at radius 2 is 2.00 bits per heavy atom. The third-order valence-electron chi connectivity index (χ3n) is 1.46. The Balaban J connectivity index is 2.89. The number of nitrogens with zero attached hydrogens (tertiary/aromatic N) is 1. The maximum atomic E-state index is 5.65. The summed E-state index contributed by atoms with van der Waals surface area (Å²) < 4.78 is 0. The van der Waals surface area contributed by atoms with Gasteiger partial charge in [-0.1, -0.05) is 0 Å². The predicted molar refractivity (Wildman–Crippen MR) is 56.7 cm³/mol. The van der Waals surface area contributed by atoms with Gasteiger partial charge in [0.1, 0.15) is 0 Å². The lowest BCUT2D eigenvalue weighted by Crippen LogP contribution is -1.89. The molecule has 4 heteroatoms. The van der Waals surface area contributed by atoms with Crippen LogP contribution in [0.1, 0.15) is 0 Å². The van der Waals surface area contributed by atoms with Crippen molar-refractivity contribution in [3.63, 3.8) is 0 Å². The summed E-state index contributed by atoms with van der Waals surface area (Å²) in [6, 6.07) is 5.17. The quantitative estimate of drug-likeness (QED) is 0.464. The average molecular weight is 176 g/mol. The van der Waals surface area contributed by atoms with Gasteiger partial charge in [0.15, 0.2) is 0 Å². The van der Waals surface area contributed by atoms with Gasteiger partial charge in [-0.05, 0) is 30.5 Å². The Hall–Kier alpha value is -1.97. The zero-order chi connectivity index (χ0) is 9.68. The number of rotatable bonds is 2. The van der Waals surface area contributed by atoms with Gasteiger partial charge in [0.2, 0.25) is 0 Å². The number of hydrogen-bond acceptors (Lipinski definition) is 4. The molecule has 0 spiro atoms. The minimum Gasteiger partial charge on any atom is -0.405 e. The molecule has 0 aliphatic heterocycles. The van der Waals surface area contributed by atoms with E-state index in [4.69, 9.17) is 17.2 Å². The molecular weight excluding hydrogens is 164 g/mol. The van der Waals surface area contributed by atoms with E-state index in [-0.39, 0.29) is 0 Å². The van der Waals surface area contributed by atoms with Crippen molar-refractivity contribution >= 4 is 23.3 Å². The third kappa shape index (κ3) is 2.52. The number of hydrogen-bond donors (Lipinski definition) is 3. The van der Waals surface area contributed by atoms with Crippen LogP contribution >= 0.6 is 0 Å². The predicted octanol–water partition coefficient (Wildman–Crippen LogP) is 1.03. The van der Waals surface area contributed by atoms with Gasteiger partial charge in [-0.3, -0.25) is 4.99 Å². The lowest BCUT2D eigenvalue weighted by molar-refractivity contribution is 1.53. The Morgan fingerprint density at radius 3 is 2.62 bits per heavy atom. The van der Waals surface area contributed by atoms with Crippen molar-refractivity contribution < 1.29 is 0 Å². The molecule has 13 heavy (non-hydrogen) atoms. The maximum absolute atomic E-state index is 5.65. The number of nitrogens with two attached hydrogens (primary N) is 3. The molecular formula is C9H12N4. The summed E-state index contributed by atoms with van der Waals surface area (Å²) in [5, 5.41) is 0. The molecule has 0 amide bonds. The fourth-order valence-electron chi connectivity index (χ4n) is 0.864. The average Bonchev–Trinajstić information content (AvgIpc) is 2.09. The van der Waals surface area contributed by atoms with Gasteiger partial charge in [0.05, 0.1) is 11.4 Å². The summed E-state index contributed by atoms with van der Waals surface area (Å²) >= 11 is 0. The van der Waals surface area contributed by atoms with Gasteiger partial charge >= 0.3 is 0 Å². The minimum atomic E-state index is 0.557. The van der Waals surface area contributed by atoms with E-state index in [0.717, 1.165) is 0 Å². The molecule has 0 saturated carbocycles. The summed E-state index contributed by atoms with van der Waals surface area (Å²) in [5.74, 6) is 0. The van der Waals surface area contributed by atoms with Crippen LogP contribution in [0.3, 0.4) is 0 Å². The van der Waals surface area contributed by atoms with Crippen molar-refractivity contribution in [1.82, 2.24) is 0 Å². The van der Waals surface area contributed by atoms with E-state index in [9.17, 15) is 0 Å². The monoisotopic (exact) mass is 176 g/mol. The van der Waals surface area contributed by atoms with Gasteiger partial charge in [-0.25, -0.2) is 0 Å². The highest BCUT2D eigenvalue weighted by atomic mass is 14.8. The molecule has 1 aromatic rings. The second-order valence-electron chi connectivity index (χ2n) is 2.48. The molecule has 68 valence electrons. The van der Waals surface area contributed by atoms with Crippen LogP contribution in [0.15, 0.2) is 35.5 Å². The van der Waals surface area contributed by atoms with Crippen LogP contribution in [-0.4, -0.2) is 6.21 Å². The molecule has 1 rings (SSSR count). The molecule has 0 heterocycles. The Morgan fingerprint density at radius 1 is 1.23 bits per heavy atom. The normalized spacial score (nSPS) is 11.4. The molecule has 1 aromatic carbocycles. The highest BCUT2D eigenvalue weighted by Gasteiger charge is 1.94. The van der Waals surface area contributed by atoms with Gasteiger partial charge in [-0.15, -0.1) is 0 Å². The second-order valence-corrected chi connectivity index (χ2v) is 2.48. The Labute approximate surface area is 76.8 Å². The van der Waals surface area contributed by atoms with E-state index < -0.39 is 0 Å². The van der Waals surface area contributed by atoms with E-state index in [0.29, 0.717) is 17.1 Å². The molecule has 4 nitrogen and oxygen atoms in total. The van der Waals surface area contributed by atoms with E-state index in [1.807, 2.05) is 0 Å². The Bertz CT molecular complexity index is 341. The van der Waals surface area contributed by atoms with Crippen molar-refractivity contribution in [3.05, 3.63) is 30.5 Å². The minimum absolute atomic E-state index is 0.557. The number of benzene rings is 1.